The first kappa shape index (κ1) is 28.0. The van der Waals surface area contributed by atoms with Crippen molar-refractivity contribution >= 4 is 58.1 Å². The number of hydrogen-bond donors (Lipinski definition) is 1. The fourth-order valence-corrected chi connectivity index (χ4v) is 3.77. The molecule has 0 aliphatic rings. The zero-order valence-electron chi connectivity index (χ0n) is 21.5. The molecule has 3 rings (SSSR count). The molecule has 38 heavy (non-hydrogen) atoms. The zero-order valence-corrected chi connectivity index (χ0v) is 21.5. The van der Waals surface area contributed by atoms with E-state index in [9.17, 15) is 19.2 Å². The van der Waals surface area contributed by atoms with Gasteiger partial charge in [-0.3, -0.25) is 19.2 Å². The lowest BCUT2D eigenvalue weighted by molar-refractivity contribution is -0.183. The van der Waals surface area contributed by atoms with E-state index in [1.807, 2.05) is 35.8 Å². The minimum Gasteiger partial charge on any atom is -0.462 e. The van der Waals surface area contributed by atoms with Gasteiger partial charge in [-0.1, -0.05) is 18.2 Å². The van der Waals surface area contributed by atoms with Crippen molar-refractivity contribution in [2.75, 3.05) is 12.0 Å². The van der Waals surface area contributed by atoms with Crippen LogP contribution in [0, 0.1) is 0 Å². The van der Waals surface area contributed by atoms with Gasteiger partial charge in [0.15, 0.2) is 24.0 Å². The Morgan fingerprint density at radius 3 is 2.29 bits per heavy atom. The summed E-state index contributed by atoms with van der Waals surface area (Å²) in [4.78, 5) is 51.2. The fraction of sp³-hybridized carbons (Fsp3) is 0.417. The smallest absolute Gasteiger partial charge is 0.303 e. The molecule has 1 N–H and O–H groups in total. The van der Waals surface area contributed by atoms with Crippen molar-refractivity contribution in [2.24, 2.45) is 5.10 Å². The van der Waals surface area contributed by atoms with Crippen LogP contribution < -0.4 is 5.43 Å². The largest absolute Gasteiger partial charge is 0.462 e. The van der Waals surface area contributed by atoms with Gasteiger partial charge in [0.1, 0.15) is 12.1 Å². The number of carbonyl (C=O) groups is 4. The Kier molecular flexibility index (Phi) is 9.24. The normalized spacial score (nSPS) is 13.6. The van der Waals surface area contributed by atoms with E-state index in [2.05, 4.69) is 25.7 Å². The number of esters is 4. The van der Waals surface area contributed by atoms with Gasteiger partial charge in [-0.25, -0.2) is 5.43 Å². The number of nitrogens with zero attached hydrogens (tertiary/aromatic N) is 5. The van der Waals surface area contributed by atoms with Gasteiger partial charge in [0.2, 0.25) is 0 Å². The first-order valence-corrected chi connectivity index (χ1v) is 11.7. The third-order valence-electron chi connectivity index (χ3n) is 5.14. The van der Waals surface area contributed by atoms with E-state index in [4.69, 9.17) is 18.9 Å². The molecule has 0 spiro atoms. The highest BCUT2D eigenvalue weighted by Gasteiger charge is 2.37. The Balaban J connectivity index is 1.91. The summed E-state index contributed by atoms with van der Waals surface area (Å²) in [6.07, 6.45) is -2.93. The lowest BCUT2D eigenvalue weighted by atomic mass is 10.1. The van der Waals surface area contributed by atoms with Gasteiger partial charge in [-0.2, -0.15) is 10.1 Å². The zero-order chi connectivity index (χ0) is 27.8. The van der Waals surface area contributed by atoms with Gasteiger partial charge >= 0.3 is 23.9 Å². The molecule has 0 aliphatic heterocycles. The van der Waals surface area contributed by atoms with Crippen LogP contribution in [0.15, 0.2) is 29.4 Å². The molecule has 14 nitrogen and oxygen atoms in total. The summed E-state index contributed by atoms with van der Waals surface area (Å²) in [6.45, 7) is 6.69. The Hall–Kier alpha value is -4.62. The highest BCUT2D eigenvalue weighted by molar-refractivity contribution is 6.04. The Morgan fingerprint density at radius 2 is 1.66 bits per heavy atom. The first-order chi connectivity index (χ1) is 18.1. The maximum Gasteiger partial charge on any atom is 0.303 e. The Labute approximate surface area is 217 Å². The molecular formula is C24H28N6O8. The molecule has 1 aromatic carbocycles. The topological polar surface area (TPSA) is 173 Å². The lowest BCUT2D eigenvalue weighted by Gasteiger charge is -2.29. The molecule has 2 aromatic heterocycles. The van der Waals surface area contributed by atoms with Gasteiger partial charge in [0.05, 0.1) is 11.7 Å². The Morgan fingerprint density at radius 1 is 0.974 bits per heavy atom. The Bertz CT molecular complexity index is 1370. The van der Waals surface area contributed by atoms with Crippen molar-refractivity contribution < 1.29 is 38.1 Å². The van der Waals surface area contributed by atoms with Crippen molar-refractivity contribution in [3.63, 3.8) is 0 Å². The van der Waals surface area contributed by atoms with Crippen molar-refractivity contribution in [2.45, 2.75) is 59.5 Å². The summed E-state index contributed by atoms with van der Waals surface area (Å²) in [5, 5.41) is 13.3. The average molecular weight is 529 g/mol. The van der Waals surface area contributed by atoms with Gasteiger partial charge in [-0.15, -0.1) is 10.2 Å². The summed E-state index contributed by atoms with van der Waals surface area (Å²) in [7, 11) is 0. The van der Waals surface area contributed by atoms with Crippen LogP contribution in [0.5, 0.6) is 0 Å². The maximum atomic E-state index is 11.8. The van der Waals surface area contributed by atoms with Gasteiger partial charge in [0.25, 0.3) is 5.95 Å². The van der Waals surface area contributed by atoms with Crippen molar-refractivity contribution in [3.8, 4) is 0 Å². The standard InChI is InChI=1S/C24H28N6O8/c1-6-30-18-10-8-7-9-17(18)21-23(30)26-24(29-27-21)28-25-11-19(36-14(3)32)22(38-16(5)34)20(37-15(4)33)12-35-13(2)31/h7-11,19-20,22H,6,12H2,1-5H3,(H,26,28,29)/t19-,20-,22+/m0/s1. The van der Waals surface area contributed by atoms with Crippen LogP contribution in [0.2, 0.25) is 0 Å². The molecular weight excluding hydrogens is 500 g/mol. The molecule has 0 radical (unpaired) electrons. The minimum atomic E-state index is -1.39. The van der Waals surface area contributed by atoms with Crippen LogP contribution >= 0.6 is 0 Å². The highest BCUT2D eigenvalue weighted by atomic mass is 16.6. The minimum absolute atomic E-state index is 0.0494. The number of rotatable bonds is 11. The van der Waals surface area contributed by atoms with E-state index >= 15 is 0 Å². The molecule has 0 fully saturated rings. The predicted octanol–water partition coefficient (Wildman–Crippen LogP) is 1.76. The number of aromatic nitrogens is 4. The van der Waals surface area contributed by atoms with Crippen molar-refractivity contribution in [3.05, 3.63) is 24.3 Å². The number of hydrazone groups is 1. The summed E-state index contributed by atoms with van der Waals surface area (Å²) in [5.41, 5.74) is 4.79. The number of aryl methyl sites for hydroxylation is 1. The first-order valence-electron chi connectivity index (χ1n) is 11.7. The van der Waals surface area contributed by atoms with Crippen molar-refractivity contribution in [1.29, 1.82) is 0 Å². The third kappa shape index (κ3) is 6.99. The van der Waals surface area contributed by atoms with Gasteiger partial charge in [0, 0.05) is 39.6 Å². The SMILES string of the molecule is CCn1c2ccccc2c2nnc(NN=C[C@H](OC(C)=O)[C@@H](OC(C)=O)[C@H](COC(C)=O)OC(C)=O)nc21. The van der Waals surface area contributed by atoms with Crippen LogP contribution in [-0.2, 0) is 44.7 Å². The molecule has 0 bridgehead atoms. The number of para-hydroxylation sites is 1. The van der Waals surface area contributed by atoms with E-state index < -0.39 is 48.8 Å². The molecule has 3 atom stereocenters. The number of hydrogen-bond acceptors (Lipinski definition) is 13. The molecule has 2 heterocycles. The fourth-order valence-electron chi connectivity index (χ4n) is 3.77. The van der Waals surface area contributed by atoms with Crippen LogP contribution in [0.3, 0.4) is 0 Å². The van der Waals surface area contributed by atoms with E-state index in [0.717, 1.165) is 44.8 Å². The number of carbonyl (C=O) groups excluding carboxylic acids is 4. The number of nitrogens with one attached hydrogen (secondary N) is 1. The summed E-state index contributed by atoms with van der Waals surface area (Å²) in [5.74, 6) is -2.85. The molecule has 0 saturated heterocycles. The van der Waals surface area contributed by atoms with Gasteiger partial charge in [-0.05, 0) is 13.0 Å². The predicted molar refractivity (Wildman–Crippen MR) is 134 cm³/mol. The molecule has 0 aliphatic carbocycles. The van der Waals surface area contributed by atoms with E-state index in [1.54, 1.807) is 0 Å². The lowest BCUT2D eigenvalue weighted by Crippen LogP contribution is -2.48. The van der Waals surface area contributed by atoms with Gasteiger partial charge < -0.3 is 23.5 Å². The van der Waals surface area contributed by atoms with Crippen LogP contribution in [-0.4, -0.2) is 74.8 Å². The van der Waals surface area contributed by atoms with E-state index in [1.165, 1.54) is 0 Å². The van der Waals surface area contributed by atoms with Crippen LogP contribution in [0.25, 0.3) is 22.1 Å². The third-order valence-corrected chi connectivity index (χ3v) is 5.14. The number of benzene rings is 1. The summed E-state index contributed by atoms with van der Waals surface area (Å²) < 4.78 is 22.7. The molecule has 0 amide bonds. The number of ether oxygens (including phenoxy) is 4. The van der Waals surface area contributed by atoms with E-state index in [0.29, 0.717) is 17.7 Å². The molecule has 3 aromatic rings. The number of anilines is 1. The second-order valence-corrected chi connectivity index (χ2v) is 8.06. The average Bonchev–Trinajstić information content (AvgIpc) is 3.17. The summed E-state index contributed by atoms with van der Waals surface area (Å²) in [6, 6.07) is 7.71. The number of fused-ring (bicyclic) bond motifs is 3. The second-order valence-electron chi connectivity index (χ2n) is 8.06. The monoisotopic (exact) mass is 528 g/mol. The molecule has 14 heteroatoms. The van der Waals surface area contributed by atoms with Crippen LogP contribution in [0.1, 0.15) is 34.6 Å². The van der Waals surface area contributed by atoms with Crippen molar-refractivity contribution in [1.82, 2.24) is 19.7 Å². The molecule has 0 unspecified atom stereocenters. The van der Waals surface area contributed by atoms with E-state index in [-0.39, 0.29) is 5.95 Å². The second kappa shape index (κ2) is 12.6. The molecule has 0 saturated carbocycles. The quantitative estimate of drug-likeness (QED) is 0.166. The molecule has 202 valence electrons. The summed E-state index contributed by atoms with van der Waals surface area (Å²) >= 11 is 0. The van der Waals surface area contributed by atoms with Crippen LogP contribution in [0.4, 0.5) is 5.95 Å². The highest BCUT2D eigenvalue weighted by Crippen LogP contribution is 2.26. The maximum absolute atomic E-state index is 11.8.